The van der Waals surface area contributed by atoms with Crippen molar-refractivity contribution in [3.63, 3.8) is 0 Å². The van der Waals surface area contributed by atoms with Crippen molar-refractivity contribution in [3.05, 3.63) is 35.8 Å². The van der Waals surface area contributed by atoms with Gasteiger partial charge in [0.05, 0.1) is 18.8 Å². The van der Waals surface area contributed by atoms with E-state index in [1.165, 1.54) is 36.3 Å². The zero-order valence-electron chi connectivity index (χ0n) is 19.5. The molecule has 1 aromatic rings. The van der Waals surface area contributed by atoms with E-state index in [1.807, 2.05) is 20.8 Å². The molecule has 1 fully saturated rings. The number of allylic oxidation sites excluding steroid dienone is 3. The molecule has 32 heavy (non-hydrogen) atoms. The molecule has 2 aliphatic carbocycles. The molecule has 0 saturated heterocycles. The quantitative estimate of drug-likeness (QED) is 0.543. The van der Waals surface area contributed by atoms with Gasteiger partial charge in [0, 0.05) is 25.6 Å². The Labute approximate surface area is 189 Å². The molecule has 0 spiro atoms. The van der Waals surface area contributed by atoms with E-state index in [-0.39, 0.29) is 13.2 Å². The van der Waals surface area contributed by atoms with Crippen molar-refractivity contribution < 1.29 is 23.0 Å². The fourth-order valence-electron chi connectivity index (χ4n) is 4.04. The number of hydrogen-bond donors (Lipinski definition) is 0. The van der Waals surface area contributed by atoms with Gasteiger partial charge in [0.2, 0.25) is 5.88 Å². The summed E-state index contributed by atoms with van der Waals surface area (Å²) in [6.07, 6.45) is 7.83. The fraction of sp³-hybridized carbons (Fsp3) is 0.667. The minimum absolute atomic E-state index is 0.0105. The van der Waals surface area contributed by atoms with Crippen molar-refractivity contribution in [2.45, 2.75) is 77.7 Å². The summed E-state index contributed by atoms with van der Waals surface area (Å²) in [5, 5.41) is 4.67. The topological polar surface area (TPSA) is 56.6 Å². The third-order valence-corrected chi connectivity index (χ3v) is 5.70. The van der Waals surface area contributed by atoms with Gasteiger partial charge in [-0.25, -0.2) is 18.3 Å². The summed E-state index contributed by atoms with van der Waals surface area (Å²) >= 11 is 0. The molecule has 0 N–H and O–H groups in total. The molecule has 178 valence electrons. The van der Waals surface area contributed by atoms with Gasteiger partial charge in [-0.2, -0.15) is 5.10 Å². The predicted octanol–water partition coefficient (Wildman–Crippen LogP) is 5.59. The summed E-state index contributed by atoms with van der Waals surface area (Å²) in [7, 11) is 1.66. The Balaban J connectivity index is 1.70. The number of amides is 1. The van der Waals surface area contributed by atoms with Crippen LogP contribution >= 0.6 is 0 Å². The van der Waals surface area contributed by atoms with Crippen molar-refractivity contribution in [3.8, 4) is 5.88 Å². The first-order valence-corrected chi connectivity index (χ1v) is 11.4. The van der Waals surface area contributed by atoms with E-state index in [9.17, 15) is 13.6 Å². The number of hydrogen-bond acceptors (Lipinski definition) is 4. The fourth-order valence-corrected chi connectivity index (χ4v) is 4.04. The smallest absolute Gasteiger partial charge is 0.410 e. The highest BCUT2D eigenvalue weighted by Gasteiger charge is 2.25. The maximum Gasteiger partial charge on any atom is 0.410 e. The Morgan fingerprint density at radius 2 is 2.00 bits per heavy atom. The van der Waals surface area contributed by atoms with Crippen molar-refractivity contribution in [1.29, 1.82) is 0 Å². The number of carbonyl (C=O) groups excluding carboxylic acids is 1. The number of nitrogens with zero attached hydrogens (tertiary/aromatic N) is 3. The number of carbonyl (C=O) groups is 1. The zero-order chi connectivity index (χ0) is 23.3. The highest BCUT2D eigenvalue weighted by molar-refractivity contribution is 5.67. The average Bonchev–Trinajstić information content (AvgIpc) is 3.09. The molecule has 1 heterocycles. The molecule has 3 rings (SSSR count). The van der Waals surface area contributed by atoms with Gasteiger partial charge in [0.15, 0.2) is 0 Å². The Hall–Kier alpha value is -2.38. The summed E-state index contributed by atoms with van der Waals surface area (Å²) in [6, 6.07) is 1.77. The van der Waals surface area contributed by atoms with Gasteiger partial charge in [-0.15, -0.1) is 0 Å². The van der Waals surface area contributed by atoms with E-state index in [1.54, 1.807) is 17.8 Å². The Morgan fingerprint density at radius 1 is 1.28 bits per heavy atom. The zero-order valence-corrected chi connectivity index (χ0v) is 19.5. The van der Waals surface area contributed by atoms with E-state index in [4.69, 9.17) is 9.47 Å². The van der Waals surface area contributed by atoms with Crippen LogP contribution in [0, 0.1) is 11.8 Å². The minimum atomic E-state index is -1.29. The van der Waals surface area contributed by atoms with Crippen molar-refractivity contribution in [1.82, 2.24) is 14.7 Å². The number of alkyl halides is 1. The maximum atomic E-state index is 14.1. The van der Waals surface area contributed by atoms with Gasteiger partial charge < -0.3 is 14.4 Å². The molecule has 0 aromatic carbocycles. The van der Waals surface area contributed by atoms with E-state index < -0.39 is 29.6 Å². The first kappa shape index (κ1) is 24.3. The van der Waals surface area contributed by atoms with Gasteiger partial charge in [0.25, 0.3) is 0 Å². The van der Waals surface area contributed by atoms with Crippen molar-refractivity contribution in [2.24, 2.45) is 11.8 Å². The third kappa shape index (κ3) is 7.07. The second-order valence-electron chi connectivity index (χ2n) is 9.83. The second-order valence-corrected chi connectivity index (χ2v) is 9.83. The molecule has 0 bridgehead atoms. The Kier molecular flexibility index (Phi) is 7.96. The summed E-state index contributed by atoms with van der Waals surface area (Å²) in [5.41, 5.74) is 0.0753. The normalized spacial score (nSPS) is 21.9. The standard InChI is InChI=1S/C24H35F2N3O3/c1-24(2,3)32-23(30)28(4)15-20-13-22(29(27-20)14-17-8-6-5-7-9-17)31-16-18-12-19(25)10-11-21(18)26/h10-13,17-18,21H,5-9,14-16H2,1-4H3. The van der Waals surface area contributed by atoms with Crippen LogP contribution in [0.2, 0.25) is 0 Å². The van der Waals surface area contributed by atoms with Crippen LogP contribution in [-0.4, -0.2) is 46.2 Å². The van der Waals surface area contributed by atoms with Gasteiger partial charge in [0.1, 0.15) is 17.6 Å². The molecule has 2 unspecified atom stereocenters. The molecule has 1 aromatic heterocycles. The molecule has 1 saturated carbocycles. The number of aromatic nitrogens is 2. The van der Waals surface area contributed by atoms with E-state index in [0.717, 1.165) is 18.9 Å². The number of halogens is 2. The average molecular weight is 452 g/mol. The molecule has 2 atom stereocenters. The molecular weight excluding hydrogens is 416 g/mol. The van der Waals surface area contributed by atoms with E-state index in [0.29, 0.717) is 24.0 Å². The first-order chi connectivity index (χ1) is 15.1. The lowest BCUT2D eigenvalue weighted by Crippen LogP contribution is -2.33. The van der Waals surface area contributed by atoms with E-state index in [2.05, 4.69) is 5.10 Å². The second kappa shape index (κ2) is 10.5. The van der Waals surface area contributed by atoms with Crippen LogP contribution in [-0.2, 0) is 17.8 Å². The largest absolute Gasteiger partial charge is 0.477 e. The highest BCUT2D eigenvalue weighted by Crippen LogP contribution is 2.28. The molecule has 1 amide bonds. The number of ether oxygens (including phenoxy) is 2. The van der Waals surface area contributed by atoms with Crippen LogP contribution in [0.3, 0.4) is 0 Å². The highest BCUT2D eigenvalue weighted by atomic mass is 19.1. The molecule has 0 radical (unpaired) electrons. The van der Waals surface area contributed by atoms with Gasteiger partial charge in [-0.05, 0) is 57.8 Å². The lowest BCUT2D eigenvalue weighted by Gasteiger charge is -2.24. The summed E-state index contributed by atoms with van der Waals surface area (Å²) in [4.78, 5) is 13.8. The minimum Gasteiger partial charge on any atom is -0.477 e. The van der Waals surface area contributed by atoms with Gasteiger partial charge >= 0.3 is 6.09 Å². The molecule has 2 aliphatic rings. The lowest BCUT2D eigenvalue weighted by atomic mass is 9.89. The summed E-state index contributed by atoms with van der Waals surface area (Å²) in [5.74, 6) is -0.126. The van der Waals surface area contributed by atoms with Crippen molar-refractivity contribution >= 4 is 6.09 Å². The summed E-state index contributed by atoms with van der Waals surface area (Å²) in [6.45, 7) is 6.43. The predicted molar refractivity (Wildman–Crippen MR) is 119 cm³/mol. The van der Waals surface area contributed by atoms with E-state index >= 15 is 0 Å². The van der Waals surface area contributed by atoms with Crippen LogP contribution in [0.4, 0.5) is 13.6 Å². The van der Waals surface area contributed by atoms with Crippen LogP contribution in [0.15, 0.2) is 30.1 Å². The third-order valence-electron chi connectivity index (χ3n) is 5.70. The van der Waals surface area contributed by atoms with Crippen LogP contribution in [0.5, 0.6) is 5.88 Å². The monoisotopic (exact) mass is 451 g/mol. The maximum absolute atomic E-state index is 14.1. The molecular formula is C24H35F2N3O3. The Bertz CT molecular complexity index is 838. The Morgan fingerprint density at radius 3 is 2.69 bits per heavy atom. The number of rotatable bonds is 7. The molecule has 0 aliphatic heterocycles. The SMILES string of the molecule is CN(Cc1cc(OCC2C=C(F)C=CC2F)n(CC2CCCCC2)n1)C(=O)OC(C)(C)C. The lowest BCUT2D eigenvalue weighted by molar-refractivity contribution is 0.0282. The van der Waals surface area contributed by atoms with Crippen molar-refractivity contribution in [2.75, 3.05) is 13.7 Å². The van der Waals surface area contributed by atoms with Crippen LogP contribution in [0.1, 0.15) is 58.6 Å². The van der Waals surface area contributed by atoms with Crippen LogP contribution in [0.25, 0.3) is 0 Å². The first-order valence-electron chi connectivity index (χ1n) is 11.4. The molecule has 6 nitrogen and oxygen atoms in total. The van der Waals surface area contributed by atoms with Gasteiger partial charge in [-0.3, -0.25) is 0 Å². The molecule has 8 heteroatoms. The summed E-state index contributed by atoms with van der Waals surface area (Å²) < 4.78 is 40.8. The van der Waals surface area contributed by atoms with Crippen LogP contribution < -0.4 is 4.74 Å². The van der Waals surface area contributed by atoms with Gasteiger partial charge in [-0.1, -0.05) is 19.3 Å².